The maximum absolute atomic E-state index is 13.5. The molecule has 0 spiro atoms. The third-order valence-corrected chi connectivity index (χ3v) is 5.47. The second-order valence-corrected chi connectivity index (χ2v) is 6.86. The first-order valence-electron chi connectivity index (χ1n) is 7.81. The Morgan fingerprint density at radius 2 is 2.10 bits per heavy atom. The molecule has 0 amide bonds. The summed E-state index contributed by atoms with van der Waals surface area (Å²) in [5, 5.41) is 3.62. The summed E-state index contributed by atoms with van der Waals surface area (Å²) in [6.07, 6.45) is 0.862. The SMILES string of the molecule is CCNC(Cc1cc(F)ccc1Br)C1CN2CCN1CC2. The molecule has 1 N–H and O–H groups in total. The summed E-state index contributed by atoms with van der Waals surface area (Å²) in [5.41, 5.74) is 1.05. The van der Waals surface area contributed by atoms with Crippen molar-refractivity contribution in [2.45, 2.75) is 25.4 Å². The summed E-state index contributed by atoms with van der Waals surface area (Å²) < 4.78 is 14.5. The molecule has 3 nitrogen and oxygen atoms in total. The lowest BCUT2D eigenvalue weighted by molar-refractivity contribution is -0.00291. The quantitative estimate of drug-likeness (QED) is 0.872. The van der Waals surface area contributed by atoms with Crippen molar-refractivity contribution in [1.29, 1.82) is 0 Å². The van der Waals surface area contributed by atoms with Crippen LogP contribution in [0, 0.1) is 5.82 Å². The molecule has 5 heteroatoms. The van der Waals surface area contributed by atoms with Gasteiger partial charge in [-0.05, 0) is 36.7 Å². The van der Waals surface area contributed by atoms with E-state index >= 15 is 0 Å². The van der Waals surface area contributed by atoms with Gasteiger partial charge >= 0.3 is 0 Å². The minimum atomic E-state index is -0.155. The van der Waals surface area contributed by atoms with E-state index in [1.807, 2.05) is 6.07 Å². The number of benzene rings is 1. The van der Waals surface area contributed by atoms with Crippen LogP contribution in [0.1, 0.15) is 12.5 Å². The van der Waals surface area contributed by atoms with Crippen LogP contribution in [-0.2, 0) is 6.42 Å². The van der Waals surface area contributed by atoms with Gasteiger partial charge in [-0.3, -0.25) is 9.80 Å². The molecule has 116 valence electrons. The third kappa shape index (κ3) is 3.47. The molecule has 3 heterocycles. The molecule has 0 aliphatic carbocycles. The molecule has 4 rings (SSSR count). The highest BCUT2D eigenvalue weighted by molar-refractivity contribution is 9.10. The highest BCUT2D eigenvalue weighted by Gasteiger charge is 2.36. The molecule has 21 heavy (non-hydrogen) atoms. The molecular formula is C16H23BrFN3. The Balaban J connectivity index is 1.76. The summed E-state index contributed by atoms with van der Waals surface area (Å²) in [6, 6.07) is 5.88. The minimum Gasteiger partial charge on any atom is -0.312 e. The first-order valence-corrected chi connectivity index (χ1v) is 8.60. The van der Waals surface area contributed by atoms with Crippen LogP contribution in [0.2, 0.25) is 0 Å². The van der Waals surface area contributed by atoms with Crippen molar-refractivity contribution in [1.82, 2.24) is 15.1 Å². The largest absolute Gasteiger partial charge is 0.312 e. The van der Waals surface area contributed by atoms with Crippen LogP contribution in [0.5, 0.6) is 0 Å². The fourth-order valence-electron chi connectivity index (χ4n) is 3.58. The number of hydrogen-bond acceptors (Lipinski definition) is 3. The normalized spacial score (nSPS) is 29.6. The van der Waals surface area contributed by atoms with Crippen LogP contribution in [0.25, 0.3) is 0 Å². The lowest BCUT2D eigenvalue weighted by Gasteiger charge is -2.50. The number of rotatable bonds is 5. The van der Waals surface area contributed by atoms with Crippen LogP contribution in [-0.4, -0.2) is 61.2 Å². The first-order chi connectivity index (χ1) is 10.2. The van der Waals surface area contributed by atoms with Crippen LogP contribution < -0.4 is 5.32 Å². The van der Waals surface area contributed by atoms with Gasteiger partial charge in [0.2, 0.25) is 0 Å². The van der Waals surface area contributed by atoms with Gasteiger partial charge in [-0.25, -0.2) is 4.39 Å². The molecule has 3 fully saturated rings. The Labute approximate surface area is 134 Å². The molecule has 1 aromatic rings. The lowest BCUT2D eigenvalue weighted by Crippen LogP contribution is -2.66. The van der Waals surface area contributed by atoms with Crippen molar-refractivity contribution >= 4 is 15.9 Å². The van der Waals surface area contributed by atoms with Gasteiger partial charge in [0.1, 0.15) is 5.82 Å². The van der Waals surface area contributed by atoms with Gasteiger partial charge in [-0.15, -0.1) is 0 Å². The van der Waals surface area contributed by atoms with E-state index < -0.39 is 0 Å². The molecule has 2 bridgehead atoms. The number of hydrogen-bond donors (Lipinski definition) is 1. The average molecular weight is 356 g/mol. The van der Waals surface area contributed by atoms with E-state index in [0.717, 1.165) is 42.6 Å². The number of nitrogens with zero attached hydrogens (tertiary/aromatic N) is 2. The molecule has 0 aromatic heterocycles. The van der Waals surface area contributed by atoms with Crippen molar-refractivity contribution in [2.24, 2.45) is 0 Å². The fraction of sp³-hybridized carbons (Fsp3) is 0.625. The molecule has 2 atom stereocenters. The molecule has 0 radical (unpaired) electrons. The Morgan fingerprint density at radius 1 is 1.33 bits per heavy atom. The van der Waals surface area contributed by atoms with Crippen molar-refractivity contribution < 1.29 is 4.39 Å². The van der Waals surface area contributed by atoms with Gasteiger partial charge in [0.05, 0.1) is 0 Å². The second kappa shape index (κ2) is 6.73. The molecule has 3 aliphatic rings. The zero-order valence-corrected chi connectivity index (χ0v) is 14.1. The Bertz CT molecular complexity index is 488. The van der Waals surface area contributed by atoms with Gasteiger partial charge in [-0.1, -0.05) is 22.9 Å². The van der Waals surface area contributed by atoms with Gasteiger partial charge in [0.25, 0.3) is 0 Å². The van der Waals surface area contributed by atoms with E-state index in [-0.39, 0.29) is 5.82 Å². The number of fused-ring (bicyclic) bond motifs is 3. The summed E-state index contributed by atoms with van der Waals surface area (Å²) in [7, 11) is 0. The van der Waals surface area contributed by atoms with E-state index in [1.54, 1.807) is 6.07 Å². The highest BCUT2D eigenvalue weighted by atomic mass is 79.9. The molecule has 2 unspecified atom stereocenters. The van der Waals surface area contributed by atoms with Crippen LogP contribution in [0.3, 0.4) is 0 Å². The summed E-state index contributed by atoms with van der Waals surface area (Å²) in [5.74, 6) is -0.155. The van der Waals surface area contributed by atoms with E-state index in [1.165, 1.54) is 19.2 Å². The van der Waals surface area contributed by atoms with Crippen LogP contribution in [0.4, 0.5) is 4.39 Å². The zero-order valence-electron chi connectivity index (χ0n) is 12.5. The zero-order chi connectivity index (χ0) is 14.8. The van der Waals surface area contributed by atoms with Crippen molar-refractivity contribution in [2.75, 3.05) is 39.3 Å². The maximum Gasteiger partial charge on any atom is 0.123 e. The summed E-state index contributed by atoms with van der Waals surface area (Å²) in [4.78, 5) is 5.15. The fourth-order valence-corrected chi connectivity index (χ4v) is 3.99. The molecule has 1 aromatic carbocycles. The Morgan fingerprint density at radius 3 is 2.71 bits per heavy atom. The predicted molar refractivity (Wildman–Crippen MR) is 87.1 cm³/mol. The Hall–Kier alpha value is -0.490. The highest BCUT2D eigenvalue weighted by Crippen LogP contribution is 2.24. The number of likely N-dealkylation sites (N-methyl/N-ethyl adjacent to an activating group) is 1. The Kier molecular flexibility index (Phi) is 4.94. The smallest absolute Gasteiger partial charge is 0.123 e. The van der Waals surface area contributed by atoms with E-state index in [0.29, 0.717) is 12.1 Å². The van der Waals surface area contributed by atoms with Crippen LogP contribution >= 0.6 is 15.9 Å². The minimum absolute atomic E-state index is 0.155. The average Bonchev–Trinajstić information content (AvgIpc) is 2.51. The molecular weight excluding hydrogens is 333 g/mol. The van der Waals surface area contributed by atoms with Gasteiger partial charge in [0, 0.05) is 49.3 Å². The monoisotopic (exact) mass is 355 g/mol. The van der Waals surface area contributed by atoms with E-state index in [2.05, 4.69) is 38.0 Å². The van der Waals surface area contributed by atoms with Gasteiger partial charge in [-0.2, -0.15) is 0 Å². The van der Waals surface area contributed by atoms with E-state index in [9.17, 15) is 4.39 Å². The van der Waals surface area contributed by atoms with Gasteiger partial charge in [0.15, 0.2) is 0 Å². The number of halogens is 2. The van der Waals surface area contributed by atoms with E-state index in [4.69, 9.17) is 0 Å². The van der Waals surface area contributed by atoms with Crippen molar-refractivity contribution in [3.05, 3.63) is 34.1 Å². The topological polar surface area (TPSA) is 18.5 Å². The standard InChI is InChI=1S/C16H23BrFN3/c1-2-19-15(10-12-9-13(18)3-4-14(12)17)16-11-20-5-7-21(16)8-6-20/h3-4,9,15-16,19H,2,5-8,10-11H2,1H3. The summed E-state index contributed by atoms with van der Waals surface area (Å²) >= 11 is 3.56. The number of piperazine rings is 3. The molecule has 3 aliphatic heterocycles. The second-order valence-electron chi connectivity index (χ2n) is 6.01. The van der Waals surface area contributed by atoms with Crippen molar-refractivity contribution in [3.63, 3.8) is 0 Å². The third-order valence-electron chi connectivity index (χ3n) is 4.70. The predicted octanol–water partition coefficient (Wildman–Crippen LogP) is 2.11. The molecule has 3 saturated heterocycles. The van der Waals surface area contributed by atoms with Crippen molar-refractivity contribution in [3.8, 4) is 0 Å². The van der Waals surface area contributed by atoms with Crippen LogP contribution in [0.15, 0.2) is 22.7 Å². The van der Waals surface area contributed by atoms with Gasteiger partial charge < -0.3 is 5.32 Å². The molecule has 0 saturated carbocycles. The maximum atomic E-state index is 13.5. The summed E-state index contributed by atoms with van der Waals surface area (Å²) in [6.45, 7) is 8.93. The number of nitrogens with one attached hydrogen (secondary N) is 1. The first kappa shape index (κ1) is 15.4. The lowest BCUT2D eigenvalue weighted by atomic mass is 9.94.